The van der Waals surface area contributed by atoms with Crippen molar-refractivity contribution in [2.45, 2.75) is 51.2 Å². The Labute approximate surface area is 119 Å². The molecule has 1 aromatic rings. The van der Waals surface area contributed by atoms with Crippen LogP contribution < -0.4 is 5.73 Å². The highest BCUT2D eigenvalue weighted by Gasteiger charge is 2.23. The van der Waals surface area contributed by atoms with Gasteiger partial charge in [0.2, 0.25) is 0 Å². The average Bonchev–Trinajstić information content (AvgIpc) is 2.39. The summed E-state index contributed by atoms with van der Waals surface area (Å²) in [5.41, 5.74) is 6.95. The van der Waals surface area contributed by atoms with Crippen LogP contribution in [0.25, 0.3) is 0 Å². The first kappa shape index (κ1) is 14.8. The second-order valence-electron chi connectivity index (χ2n) is 5.37. The minimum atomic E-state index is -0.277. The van der Waals surface area contributed by atoms with Crippen molar-refractivity contribution in [3.8, 4) is 0 Å². The van der Waals surface area contributed by atoms with Gasteiger partial charge in [-0.05, 0) is 49.9 Å². The topological polar surface area (TPSA) is 29.3 Å². The predicted octanol–water partition coefficient (Wildman–Crippen LogP) is 3.57. The zero-order chi connectivity index (χ0) is 13.8. The molecule has 0 spiro atoms. The molecule has 0 aliphatic heterocycles. The maximum Gasteiger partial charge on any atom is 0.124 e. The summed E-state index contributed by atoms with van der Waals surface area (Å²) < 4.78 is 13.1. The van der Waals surface area contributed by atoms with Gasteiger partial charge in [0.15, 0.2) is 0 Å². The van der Waals surface area contributed by atoms with E-state index in [0.29, 0.717) is 17.1 Å². The third-order valence-corrected chi connectivity index (χ3v) is 4.40. The van der Waals surface area contributed by atoms with E-state index in [2.05, 4.69) is 11.8 Å². The third-order valence-electron chi connectivity index (χ3n) is 4.05. The third kappa shape index (κ3) is 3.91. The molecule has 2 rings (SSSR count). The minimum absolute atomic E-state index is 0.277. The average molecular weight is 285 g/mol. The zero-order valence-electron chi connectivity index (χ0n) is 11.4. The Morgan fingerprint density at radius 1 is 1.32 bits per heavy atom. The van der Waals surface area contributed by atoms with Crippen LogP contribution >= 0.6 is 11.6 Å². The minimum Gasteiger partial charge on any atom is -0.328 e. The summed E-state index contributed by atoms with van der Waals surface area (Å²) in [6.07, 6.45) is 4.48. The monoisotopic (exact) mass is 284 g/mol. The van der Waals surface area contributed by atoms with Crippen LogP contribution in [-0.2, 0) is 6.54 Å². The molecule has 1 saturated carbocycles. The normalized spacial score (nSPS) is 23.8. The van der Waals surface area contributed by atoms with Crippen LogP contribution in [-0.4, -0.2) is 23.5 Å². The molecule has 0 bridgehead atoms. The quantitative estimate of drug-likeness (QED) is 0.916. The number of rotatable bonds is 4. The highest BCUT2D eigenvalue weighted by Crippen LogP contribution is 2.25. The van der Waals surface area contributed by atoms with Gasteiger partial charge in [0.1, 0.15) is 5.82 Å². The van der Waals surface area contributed by atoms with Crippen molar-refractivity contribution >= 4 is 11.6 Å². The van der Waals surface area contributed by atoms with E-state index in [9.17, 15) is 4.39 Å². The number of nitrogens with zero attached hydrogens (tertiary/aromatic N) is 1. The van der Waals surface area contributed by atoms with Crippen LogP contribution in [0.15, 0.2) is 18.2 Å². The molecular formula is C15H22ClFN2. The Kier molecular flexibility index (Phi) is 5.20. The van der Waals surface area contributed by atoms with Crippen LogP contribution in [0.2, 0.25) is 5.02 Å². The molecule has 0 heterocycles. The number of halogens is 2. The molecule has 1 aliphatic carbocycles. The van der Waals surface area contributed by atoms with Gasteiger partial charge in [0.05, 0.1) is 0 Å². The van der Waals surface area contributed by atoms with E-state index in [0.717, 1.165) is 44.3 Å². The Balaban J connectivity index is 2.02. The van der Waals surface area contributed by atoms with Crippen LogP contribution in [0.5, 0.6) is 0 Å². The summed E-state index contributed by atoms with van der Waals surface area (Å²) in [6.45, 7) is 3.93. The summed E-state index contributed by atoms with van der Waals surface area (Å²) in [7, 11) is 0. The van der Waals surface area contributed by atoms with Gasteiger partial charge < -0.3 is 5.73 Å². The van der Waals surface area contributed by atoms with Crippen molar-refractivity contribution in [1.29, 1.82) is 0 Å². The van der Waals surface area contributed by atoms with Gasteiger partial charge in [-0.1, -0.05) is 24.6 Å². The maximum atomic E-state index is 13.1. The van der Waals surface area contributed by atoms with Crippen LogP contribution in [0, 0.1) is 5.82 Å². The van der Waals surface area contributed by atoms with Crippen LogP contribution in [0.4, 0.5) is 4.39 Å². The smallest absolute Gasteiger partial charge is 0.124 e. The first-order valence-corrected chi connectivity index (χ1v) is 7.41. The molecule has 1 aliphatic rings. The summed E-state index contributed by atoms with van der Waals surface area (Å²) in [6, 6.07) is 5.60. The molecule has 1 fully saturated rings. The molecule has 2 nitrogen and oxygen atoms in total. The number of hydrogen-bond donors (Lipinski definition) is 1. The second kappa shape index (κ2) is 6.69. The molecule has 2 N–H and O–H groups in total. The Morgan fingerprint density at radius 3 is 2.58 bits per heavy atom. The number of benzene rings is 1. The fourth-order valence-electron chi connectivity index (χ4n) is 2.83. The highest BCUT2D eigenvalue weighted by atomic mass is 35.5. The van der Waals surface area contributed by atoms with E-state index in [1.807, 2.05) is 0 Å². The van der Waals surface area contributed by atoms with E-state index < -0.39 is 0 Å². The molecule has 106 valence electrons. The molecule has 4 heteroatoms. The second-order valence-corrected chi connectivity index (χ2v) is 5.77. The van der Waals surface area contributed by atoms with Crippen LogP contribution in [0.3, 0.4) is 0 Å². The first-order valence-electron chi connectivity index (χ1n) is 7.03. The fourth-order valence-corrected chi connectivity index (χ4v) is 3.06. The summed E-state index contributed by atoms with van der Waals surface area (Å²) in [5.74, 6) is -0.277. The maximum absolute atomic E-state index is 13.1. The van der Waals surface area contributed by atoms with Gasteiger partial charge in [0.25, 0.3) is 0 Å². The van der Waals surface area contributed by atoms with Gasteiger partial charge in [-0.15, -0.1) is 0 Å². The molecule has 0 aromatic heterocycles. The van der Waals surface area contributed by atoms with Gasteiger partial charge in [-0.2, -0.15) is 0 Å². The van der Waals surface area contributed by atoms with Crippen molar-refractivity contribution in [1.82, 2.24) is 4.90 Å². The van der Waals surface area contributed by atoms with Crippen molar-refractivity contribution in [3.05, 3.63) is 34.6 Å². The molecule has 0 amide bonds. The SMILES string of the molecule is CCN(Cc1ccc(F)cc1Cl)C1CCC(N)CC1. The molecule has 0 atom stereocenters. The lowest BCUT2D eigenvalue weighted by molar-refractivity contribution is 0.149. The van der Waals surface area contributed by atoms with Gasteiger partial charge in [-0.25, -0.2) is 4.39 Å². The van der Waals surface area contributed by atoms with E-state index in [4.69, 9.17) is 17.3 Å². The Bertz CT molecular complexity index is 417. The lowest BCUT2D eigenvalue weighted by Gasteiger charge is -2.35. The largest absolute Gasteiger partial charge is 0.328 e. The lowest BCUT2D eigenvalue weighted by Crippen LogP contribution is -2.40. The van der Waals surface area contributed by atoms with Gasteiger partial charge >= 0.3 is 0 Å². The van der Waals surface area contributed by atoms with Crippen molar-refractivity contribution in [2.24, 2.45) is 5.73 Å². The van der Waals surface area contributed by atoms with Gasteiger partial charge in [0, 0.05) is 23.7 Å². The molecule has 0 unspecified atom stereocenters. The molecule has 1 aromatic carbocycles. The molecule has 0 saturated heterocycles. The van der Waals surface area contributed by atoms with E-state index in [1.165, 1.54) is 12.1 Å². The first-order chi connectivity index (χ1) is 9.10. The highest BCUT2D eigenvalue weighted by molar-refractivity contribution is 6.31. The van der Waals surface area contributed by atoms with Gasteiger partial charge in [-0.3, -0.25) is 4.90 Å². The van der Waals surface area contributed by atoms with E-state index >= 15 is 0 Å². The molecule has 19 heavy (non-hydrogen) atoms. The zero-order valence-corrected chi connectivity index (χ0v) is 12.2. The molecule has 0 radical (unpaired) electrons. The van der Waals surface area contributed by atoms with Crippen molar-refractivity contribution in [2.75, 3.05) is 6.54 Å². The fraction of sp³-hybridized carbons (Fsp3) is 0.600. The number of nitrogens with two attached hydrogens (primary N) is 1. The Morgan fingerprint density at radius 2 is 2.00 bits per heavy atom. The van der Waals surface area contributed by atoms with Crippen molar-refractivity contribution < 1.29 is 4.39 Å². The Hall–Kier alpha value is -0.640. The number of hydrogen-bond acceptors (Lipinski definition) is 2. The molecular weight excluding hydrogens is 263 g/mol. The van der Waals surface area contributed by atoms with Crippen molar-refractivity contribution in [3.63, 3.8) is 0 Å². The van der Waals surface area contributed by atoms with Crippen LogP contribution in [0.1, 0.15) is 38.2 Å². The predicted molar refractivity (Wildman–Crippen MR) is 77.7 cm³/mol. The summed E-state index contributed by atoms with van der Waals surface area (Å²) in [4.78, 5) is 2.42. The standard InChI is InChI=1S/C15H22ClFN2/c1-2-19(14-7-5-13(18)6-8-14)10-11-3-4-12(17)9-15(11)16/h3-4,9,13-14H,2,5-8,10,18H2,1H3. The lowest BCUT2D eigenvalue weighted by atomic mass is 9.90. The van der Waals surface area contributed by atoms with E-state index in [1.54, 1.807) is 6.07 Å². The summed E-state index contributed by atoms with van der Waals surface area (Å²) >= 11 is 6.11. The van der Waals surface area contributed by atoms with E-state index in [-0.39, 0.29) is 5.82 Å². The summed E-state index contributed by atoms with van der Waals surface area (Å²) in [5, 5.41) is 0.519.